The summed E-state index contributed by atoms with van der Waals surface area (Å²) in [6.45, 7) is 4.09. The minimum atomic E-state index is -0.521. The number of thiazole rings is 1. The van der Waals surface area contributed by atoms with Gasteiger partial charge >= 0.3 is 5.97 Å². The van der Waals surface area contributed by atoms with E-state index in [0.29, 0.717) is 11.1 Å². The Kier molecular flexibility index (Phi) is 5.58. The zero-order chi connectivity index (χ0) is 18.5. The smallest absolute Gasteiger partial charge is 0.339 e. The topological polar surface area (TPSA) is 56.3 Å². The van der Waals surface area contributed by atoms with E-state index in [-0.39, 0.29) is 18.0 Å². The van der Waals surface area contributed by atoms with Crippen LogP contribution in [0.4, 0.5) is 0 Å². The van der Waals surface area contributed by atoms with Crippen LogP contribution in [0.1, 0.15) is 49.5 Å². The molecule has 0 atom stereocenters. The molecular formula is C21H19NO3S. The highest BCUT2D eigenvalue weighted by molar-refractivity contribution is 7.09. The Morgan fingerprint density at radius 2 is 1.73 bits per heavy atom. The molecule has 0 saturated carbocycles. The van der Waals surface area contributed by atoms with Gasteiger partial charge in [0.25, 0.3) is 0 Å². The third-order valence-corrected chi connectivity index (χ3v) is 5.00. The maximum Gasteiger partial charge on any atom is 0.339 e. The maximum absolute atomic E-state index is 12.8. The average molecular weight is 365 g/mol. The summed E-state index contributed by atoms with van der Waals surface area (Å²) in [5.41, 5.74) is 2.95. The Hall–Kier alpha value is -2.79. The Balaban J connectivity index is 1.78. The second-order valence-corrected chi connectivity index (χ2v) is 6.85. The predicted octanol–water partition coefficient (Wildman–Crippen LogP) is 4.60. The number of rotatable bonds is 6. The SMILES string of the molecule is CCc1nc(COC(=O)c2ccccc2C(=O)c2ccc(C)cc2)cs1. The molecule has 0 aliphatic heterocycles. The minimum absolute atomic E-state index is 0.0996. The summed E-state index contributed by atoms with van der Waals surface area (Å²) in [5.74, 6) is -0.716. The monoisotopic (exact) mass is 365 g/mol. The van der Waals surface area contributed by atoms with Gasteiger partial charge in [-0.25, -0.2) is 9.78 Å². The van der Waals surface area contributed by atoms with Crippen LogP contribution in [0, 0.1) is 6.92 Å². The summed E-state index contributed by atoms with van der Waals surface area (Å²) in [4.78, 5) is 29.7. The lowest BCUT2D eigenvalue weighted by Gasteiger charge is -2.09. The molecule has 0 aliphatic rings. The fraction of sp³-hybridized carbons (Fsp3) is 0.190. The molecule has 0 aliphatic carbocycles. The molecule has 0 bridgehead atoms. The molecule has 0 unspecified atom stereocenters. The summed E-state index contributed by atoms with van der Waals surface area (Å²) in [6, 6.07) is 14.0. The third-order valence-electron chi connectivity index (χ3n) is 3.96. The Labute approximate surface area is 156 Å². The Bertz CT molecular complexity index is 928. The molecule has 1 aromatic heterocycles. The van der Waals surface area contributed by atoms with Crippen molar-refractivity contribution in [3.63, 3.8) is 0 Å². The van der Waals surface area contributed by atoms with Crippen LogP contribution < -0.4 is 0 Å². The van der Waals surface area contributed by atoms with E-state index in [0.717, 1.165) is 22.7 Å². The van der Waals surface area contributed by atoms with E-state index in [2.05, 4.69) is 4.98 Å². The number of aromatic nitrogens is 1. The van der Waals surface area contributed by atoms with Crippen molar-refractivity contribution in [2.75, 3.05) is 0 Å². The van der Waals surface area contributed by atoms with Crippen molar-refractivity contribution in [1.29, 1.82) is 0 Å². The fourth-order valence-electron chi connectivity index (χ4n) is 2.51. The van der Waals surface area contributed by atoms with Gasteiger partial charge in [-0.05, 0) is 19.4 Å². The highest BCUT2D eigenvalue weighted by atomic mass is 32.1. The molecule has 0 saturated heterocycles. The highest BCUT2D eigenvalue weighted by Crippen LogP contribution is 2.18. The van der Waals surface area contributed by atoms with Crippen molar-refractivity contribution in [3.8, 4) is 0 Å². The summed E-state index contributed by atoms with van der Waals surface area (Å²) in [7, 11) is 0. The Morgan fingerprint density at radius 1 is 1.04 bits per heavy atom. The predicted molar refractivity (Wildman–Crippen MR) is 102 cm³/mol. The summed E-state index contributed by atoms with van der Waals surface area (Å²) < 4.78 is 5.37. The number of carbonyl (C=O) groups excluding carboxylic acids is 2. The van der Waals surface area contributed by atoms with Crippen LogP contribution in [-0.4, -0.2) is 16.7 Å². The lowest BCUT2D eigenvalue weighted by molar-refractivity contribution is 0.0465. The largest absolute Gasteiger partial charge is 0.456 e. The summed E-state index contributed by atoms with van der Waals surface area (Å²) in [5, 5.41) is 2.89. The number of carbonyl (C=O) groups is 2. The second kappa shape index (κ2) is 8.06. The van der Waals surface area contributed by atoms with E-state index in [1.807, 2.05) is 31.4 Å². The van der Waals surface area contributed by atoms with E-state index < -0.39 is 5.97 Å². The quantitative estimate of drug-likeness (QED) is 0.473. The van der Waals surface area contributed by atoms with Crippen LogP contribution in [-0.2, 0) is 17.8 Å². The molecule has 1 heterocycles. The number of hydrogen-bond donors (Lipinski definition) is 0. The normalized spacial score (nSPS) is 10.5. The van der Waals surface area contributed by atoms with Crippen LogP contribution in [0.2, 0.25) is 0 Å². The van der Waals surface area contributed by atoms with Crippen molar-refractivity contribution in [2.45, 2.75) is 26.9 Å². The summed E-state index contributed by atoms with van der Waals surface area (Å²) >= 11 is 1.55. The van der Waals surface area contributed by atoms with Gasteiger partial charge in [-0.2, -0.15) is 0 Å². The van der Waals surface area contributed by atoms with Gasteiger partial charge in [-0.1, -0.05) is 55.0 Å². The first kappa shape index (κ1) is 18.0. The molecule has 3 aromatic rings. The molecule has 0 N–H and O–H groups in total. The summed E-state index contributed by atoms with van der Waals surface area (Å²) in [6.07, 6.45) is 0.854. The van der Waals surface area contributed by atoms with Gasteiger partial charge in [-0.15, -0.1) is 11.3 Å². The molecule has 0 amide bonds. The van der Waals surface area contributed by atoms with Crippen molar-refractivity contribution < 1.29 is 14.3 Å². The van der Waals surface area contributed by atoms with Crippen molar-refractivity contribution in [1.82, 2.24) is 4.98 Å². The van der Waals surface area contributed by atoms with Gasteiger partial charge in [0.05, 0.1) is 16.3 Å². The number of aryl methyl sites for hydroxylation is 2. The average Bonchev–Trinajstić information content (AvgIpc) is 3.14. The maximum atomic E-state index is 12.8. The lowest BCUT2D eigenvalue weighted by Crippen LogP contribution is -2.12. The number of esters is 1. The molecule has 0 spiro atoms. The lowest BCUT2D eigenvalue weighted by atomic mass is 9.98. The van der Waals surface area contributed by atoms with Crippen molar-refractivity contribution >= 4 is 23.1 Å². The van der Waals surface area contributed by atoms with E-state index in [9.17, 15) is 9.59 Å². The van der Waals surface area contributed by atoms with Gasteiger partial charge in [-0.3, -0.25) is 4.79 Å². The van der Waals surface area contributed by atoms with Crippen LogP contribution in [0.5, 0.6) is 0 Å². The molecule has 0 fully saturated rings. The first-order valence-electron chi connectivity index (χ1n) is 8.39. The molecule has 2 aromatic carbocycles. The Morgan fingerprint density at radius 3 is 2.38 bits per heavy atom. The van der Waals surface area contributed by atoms with Gasteiger partial charge < -0.3 is 4.74 Å². The molecule has 0 radical (unpaired) electrons. The second-order valence-electron chi connectivity index (χ2n) is 5.90. The van der Waals surface area contributed by atoms with Crippen molar-refractivity contribution in [2.24, 2.45) is 0 Å². The fourth-order valence-corrected chi connectivity index (χ4v) is 3.24. The zero-order valence-corrected chi connectivity index (χ0v) is 15.5. The van der Waals surface area contributed by atoms with Gasteiger partial charge in [0.15, 0.2) is 5.78 Å². The standard InChI is InChI=1S/C21H19NO3S/c1-3-19-22-16(13-26-19)12-25-21(24)18-7-5-4-6-17(18)20(23)15-10-8-14(2)9-11-15/h4-11,13H,3,12H2,1-2H3. The van der Waals surface area contributed by atoms with Gasteiger partial charge in [0.1, 0.15) is 6.61 Å². The first-order valence-corrected chi connectivity index (χ1v) is 9.27. The van der Waals surface area contributed by atoms with Gasteiger partial charge in [0.2, 0.25) is 0 Å². The molecule has 132 valence electrons. The number of ketones is 1. The molecule has 5 heteroatoms. The van der Waals surface area contributed by atoms with E-state index in [1.165, 1.54) is 0 Å². The third kappa shape index (κ3) is 4.06. The molecule has 26 heavy (non-hydrogen) atoms. The van der Waals surface area contributed by atoms with E-state index >= 15 is 0 Å². The number of hydrogen-bond acceptors (Lipinski definition) is 5. The van der Waals surface area contributed by atoms with Gasteiger partial charge in [0, 0.05) is 16.5 Å². The number of nitrogens with zero attached hydrogens (tertiary/aromatic N) is 1. The number of benzene rings is 2. The van der Waals surface area contributed by atoms with E-state index in [4.69, 9.17) is 4.74 Å². The van der Waals surface area contributed by atoms with Crippen LogP contribution in [0.3, 0.4) is 0 Å². The first-order chi connectivity index (χ1) is 12.6. The highest BCUT2D eigenvalue weighted by Gasteiger charge is 2.19. The van der Waals surface area contributed by atoms with E-state index in [1.54, 1.807) is 47.7 Å². The number of ether oxygens (including phenoxy) is 1. The molecule has 4 nitrogen and oxygen atoms in total. The minimum Gasteiger partial charge on any atom is -0.456 e. The van der Waals surface area contributed by atoms with Crippen molar-refractivity contribution in [3.05, 3.63) is 86.9 Å². The molecular weight excluding hydrogens is 346 g/mol. The zero-order valence-electron chi connectivity index (χ0n) is 14.7. The van der Waals surface area contributed by atoms with Crippen LogP contribution >= 0.6 is 11.3 Å². The van der Waals surface area contributed by atoms with Crippen LogP contribution in [0.15, 0.2) is 53.9 Å². The molecule has 3 rings (SSSR count). The van der Waals surface area contributed by atoms with Crippen LogP contribution in [0.25, 0.3) is 0 Å².